The molecule has 1 aliphatic rings. The summed E-state index contributed by atoms with van der Waals surface area (Å²) in [5.41, 5.74) is 0. The first-order chi connectivity index (χ1) is 7.69. The normalized spacial score (nSPS) is 24.6. The molecule has 0 aliphatic heterocycles. The van der Waals surface area contributed by atoms with Gasteiger partial charge in [0.25, 0.3) is 0 Å². The molecule has 1 saturated carbocycles. The Bertz CT molecular complexity index is 265. The minimum atomic E-state index is -0.230. The van der Waals surface area contributed by atoms with E-state index >= 15 is 0 Å². The van der Waals surface area contributed by atoms with Crippen LogP contribution in [-0.2, 0) is 4.74 Å². The molecule has 0 aromatic heterocycles. The van der Waals surface area contributed by atoms with Gasteiger partial charge >= 0.3 is 6.09 Å². The molecule has 4 nitrogen and oxygen atoms in total. The van der Waals surface area contributed by atoms with Crippen LogP contribution in [0.4, 0.5) is 4.79 Å². The molecular weight excluding hydrogens is 204 g/mol. The predicted molar refractivity (Wildman–Crippen MR) is 60.8 cm³/mol. The van der Waals surface area contributed by atoms with Gasteiger partial charge in [0.2, 0.25) is 0 Å². The van der Waals surface area contributed by atoms with E-state index in [4.69, 9.17) is 10.00 Å². The number of rotatable bonds is 3. The topological polar surface area (TPSA) is 53.3 Å². The summed E-state index contributed by atoms with van der Waals surface area (Å²) < 4.78 is 4.97. The molecule has 0 bridgehead atoms. The fourth-order valence-electron chi connectivity index (χ4n) is 2.24. The second-order valence-electron chi connectivity index (χ2n) is 4.35. The highest BCUT2D eigenvalue weighted by atomic mass is 16.6. The zero-order valence-electron chi connectivity index (χ0n) is 10.1. The molecule has 0 aromatic rings. The van der Waals surface area contributed by atoms with Crippen molar-refractivity contribution in [1.82, 2.24) is 4.90 Å². The number of carbonyl (C=O) groups excluding carboxylic acids is 1. The van der Waals surface area contributed by atoms with Crippen LogP contribution in [0.3, 0.4) is 0 Å². The molecule has 0 heterocycles. The van der Waals surface area contributed by atoms with Crippen molar-refractivity contribution in [2.45, 2.75) is 45.1 Å². The minimum absolute atomic E-state index is 0.230. The van der Waals surface area contributed by atoms with Gasteiger partial charge in [-0.25, -0.2) is 4.79 Å². The molecule has 1 amide bonds. The summed E-state index contributed by atoms with van der Waals surface area (Å²) in [4.78, 5) is 13.2. The fraction of sp³-hybridized carbons (Fsp3) is 0.833. The van der Waals surface area contributed by atoms with Gasteiger partial charge in [0.1, 0.15) is 0 Å². The number of amides is 1. The smallest absolute Gasteiger partial charge is 0.409 e. The van der Waals surface area contributed by atoms with Crippen molar-refractivity contribution in [3.63, 3.8) is 0 Å². The van der Waals surface area contributed by atoms with Crippen LogP contribution in [0.2, 0.25) is 0 Å². The highest BCUT2D eigenvalue weighted by Gasteiger charge is 2.26. The minimum Gasteiger partial charge on any atom is -0.450 e. The maximum Gasteiger partial charge on any atom is 0.409 e. The van der Waals surface area contributed by atoms with Crippen LogP contribution >= 0.6 is 0 Å². The average molecular weight is 224 g/mol. The molecule has 0 N–H and O–H groups in total. The number of carbonyl (C=O) groups is 1. The van der Waals surface area contributed by atoms with E-state index in [-0.39, 0.29) is 12.1 Å². The van der Waals surface area contributed by atoms with E-state index in [0.29, 0.717) is 18.9 Å². The van der Waals surface area contributed by atoms with E-state index in [0.717, 1.165) is 25.7 Å². The Hall–Kier alpha value is -1.24. The van der Waals surface area contributed by atoms with Gasteiger partial charge in [-0.3, -0.25) is 0 Å². The van der Waals surface area contributed by atoms with Crippen LogP contribution in [0, 0.1) is 17.2 Å². The predicted octanol–water partition coefficient (Wildman–Crippen LogP) is 2.55. The number of nitriles is 1. The maximum absolute atomic E-state index is 11.5. The molecular formula is C12H20N2O2. The van der Waals surface area contributed by atoms with Crippen LogP contribution < -0.4 is 0 Å². The summed E-state index contributed by atoms with van der Waals surface area (Å²) in [5, 5.41) is 8.62. The van der Waals surface area contributed by atoms with Gasteiger partial charge in [0.05, 0.1) is 12.7 Å². The molecule has 90 valence electrons. The van der Waals surface area contributed by atoms with Gasteiger partial charge in [-0.1, -0.05) is 0 Å². The van der Waals surface area contributed by atoms with E-state index < -0.39 is 0 Å². The van der Waals surface area contributed by atoms with Crippen molar-refractivity contribution >= 4 is 6.09 Å². The molecule has 1 aliphatic carbocycles. The summed E-state index contributed by atoms with van der Waals surface area (Å²) in [6.45, 7) is 2.24. The third-order valence-corrected chi connectivity index (χ3v) is 3.30. The number of hydrogen-bond acceptors (Lipinski definition) is 3. The summed E-state index contributed by atoms with van der Waals surface area (Å²) in [7, 11) is 1.80. The van der Waals surface area contributed by atoms with E-state index in [9.17, 15) is 4.79 Å². The second-order valence-corrected chi connectivity index (χ2v) is 4.35. The standard InChI is InChI=1S/C12H20N2O2/c1-3-16-12(15)14(2)11-6-4-10(5-7-11)8-9-13/h10-11H,3-8H2,1-2H3. The van der Waals surface area contributed by atoms with Gasteiger partial charge < -0.3 is 9.64 Å². The Morgan fingerprint density at radius 3 is 2.56 bits per heavy atom. The van der Waals surface area contributed by atoms with Crippen LogP contribution in [-0.4, -0.2) is 30.7 Å². The van der Waals surface area contributed by atoms with E-state index in [1.54, 1.807) is 11.9 Å². The van der Waals surface area contributed by atoms with Gasteiger partial charge in [-0.05, 0) is 38.5 Å². The molecule has 0 unspecified atom stereocenters. The first-order valence-electron chi connectivity index (χ1n) is 5.95. The van der Waals surface area contributed by atoms with Crippen molar-refractivity contribution in [2.75, 3.05) is 13.7 Å². The quantitative estimate of drug-likeness (QED) is 0.740. The van der Waals surface area contributed by atoms with Gasteiger partial charge in [-0.15, -0.1) is 0 Å². The first-order valence-corrected chi connectivity index (χ1v) is 5.95. The molecule has 1 rings (SSSR count). The lowest BCUT2D eigenvalue weighted by atomic mass is 9.84. The van der Waals surface area contributed by atoms with Gasteiger partial charge in [0, 0.05) is 19.5 Å². The van der Waals surface area contributed by atoms with Crippen molar-refractivity contribution in [2.24, 2.45) is 5.92 Å². The first kappa shape index (κ1) is 12.8. The molecule has 0 aromatic carbocycles. The van der Waals surface area contributed by atoms with Crippen molar-refractivity contribution < 1.29 is 9.53 Å². The van der Waals surface area contributed by atoms with Crippen LogP contribution in [0.1, 0.15) is 39.0 Å². The maximum atomic E-state index is 11.5. The lowest BCUT2D eigenvalue weighted by Gasteiger charge is -2.33. The van der Waals surface area contributed by atoms with Crippen molar-refractivity contribution in [3.05, 3.63) is 0 Å². The van der Waals surface area contributed by atoms with Gasteiger partial charge in [0.15, 0.2) is 0 Å². The highest BCUT2D eigenvalue weighted by molar-refractivity contribution is 5.67. The van der Waals surface area contributed by atoms with Crippen molar-refractivity contribution in [1.29, 1.82) is 5.26 Å². The Balaban J connectivity index is 2.35. The highest BCUT2D eigenvalue weighted by Crippen LogP contribution is 2.29. The Labute approximate surface area is 97.2 Å². The molecule has 4 heteroatoms. The molecule has 16 heavy (non-hydrogen) atoms. The molecule has 0 radical (unpaired) electrons. The monoisotopic (exact) mass is 224 g/mol. The summed E-state index contributed by atoms with van der Waals surface area (Å²) in [5.74, 6) is 0.525. The number of hydrogen-bond donors (Lipinski definition) is 0. The summed E-state index contributed by atoms with van der Waals surface area (Å²) in [6.07, 6.45) is 4.48. The fourth-order valence-corrected chi connectivity index (χ4v) is 2.24. The zero-order chi connectivity index (χ0) is 12.0. The second kappa shape index (κ2) is 6.37. The number of ether oxygens (including phenoxy) is 1. The SMILES string of the molecule is CCOC(=O)N(C)C1CCC(CC#N)CC1. The zero-order valence-corrected chi connectivity index (χ0v) is 10.1. The lowest BCUT2D eigenvalue weighted by Crippen LogP contribution is -2.39. The van der Waals surface area contributed by atoms with Crippen LogP contribution in [0.5, 0.6) is 0 Å². The lowest BCUT2D eigenvalue weighted by molar-refractivity contribution is 0.0885. The molecule has 1 fully saturated rings. The third kappa shape index (κ3) is 3.41. The molecule has 0 spiro atoms. The summed E-state index contributed by atoms with van der Waals surface area (Å²) >= 11 is 0. The number of nitrogens with zero attached hydrogens (tertiary/aromatic N) is 2. The van der Waals surface area contributed by atoms with Crippen molar-refractivity contribution in [3.8, 4) is 6.07 Å². The molecule has 0 saturated heterocycles. The average Bonchev–Trinajstić information content (AvgIpc) is 2.30. The Morgan fingerprint density at radius 2 is 2.06 bits per heavy atom. The van der Waals surface area contributed by atoms with E-state index in [2.05, 4.69) is 6.07 Å². The van der Waals surface area contributed by atoms with Crippen LogP contribution in [0.15, 0.2) is 0 Å². The Morgan fingerprint density at radius 1 is 1.44 bits per heavy atom. The summed E-state index contributed by atoms with van der Waals surface area (Å²) in [6, 6.07) is 2.51. The van der Waals surface area contributed by atoms with E-state index in [1.165, 1.54) is 0 Å². The molecule has 0 atom stereocenters. The van der Waals surface area contributed by atoms with Crippen LogP contribution in [0.25, 0.3) is 0 Å². The van der Waals surface area contributed by atoms with E-state index in [1.807, 2.05) is 6.92 Å². The van der Waals surface area contributed by atoms with Gasteiger partial charge in [-0.2, -0.15) is 5.26 Å². The largest absolute Gasteiger partial charge is 0.450 e. The Kier molecular flexibility index (Phi) is 5.10. The third-order valence-electron chi connectivity index (χ3n) is 3.30.